The molecule has 0 saturated carbocycles. The van der Waals surface area contributed by atoms with Gasteiger partial charge in [-0.1, -0.05) is 24.3 Å². The van der Waals surface area contributed by atoms with Gasteiger partial charge < -0.3 is 5.32 Å². The molecule has 1 aromatic heterocycles. The van der Waals surface area contributed by atoms with Crippen LogP contribution in [0, 0.1) is 6.92 Å². The summed E-state index contributed by atoms with van der Waals surface area (Å²) in [5.41, 5.74) is -0.00529. The highest BCUT2D eigenvalue weighted by Gasteiger charge is 2.52. The number of imide groups is 1. The summed E-state index contributed by atoms with van der Waals surface area (Å²) in [6.45, 7) is 1.04. The third-order valence-corrected chi connectivity index (χ3v) is 6.01. The summed E-state index contributed by atoms with van der Waals surface area (Å²) < 4.78 is 39.6. The number of halogens is 3. The summed E-state index contributed by atoms with van der Waals surface area (Å²) in [7, 11) is 0. The van der Waals surface area contributed by atoms with E-state index in [1.807, 2.05) is 24.3 Å². The topological polar surface area (TPSA) is 62.3 Å². The summed E-state index contributed by atoms with van der Waals surface area (Å²) in [5.74, 6) is -0.471. The molecule has 4 rings (SSSR count). The minimum absolute atomic E-state index is 0.128. The average molecular weight is 395 g/mol. The van der Waals surface area contributed by atoms with Crippen LogP contribution in [0.3, 0.4) is 0 Å². The lowest BCUT2D eigenvalue weighted by Gasteiger charge is -2.32. The number of nitrogens with one attached hydrogen (secondary N) is 1. The Morgan fingerprint density at radius 2 is 1.96 bits per heavy atom. The van der Waals surface area contributed by atoms with Gasteiger partial charge in [-0.25, -0.2) is 9.78 Å². The maximum Gasteiger partial charge on any atom is 0.434 e. The second-order valence-corrected chi connectivity index (χ2v) is 8.14. The number of carbonyl (C=O) groups excluding carboxylic acids is 2. The van der Waals surface area contributed by atoms with Gasteiger partial charge in [-0.15, -0.1) is 11.3 Å². The molecular formula is C18H16F3N3O2S. The number of amides is 3. The molecule has 0 bridgehead atoms. The highest BCUT2D eigenvalue weighted by atomic mass is 32.1. The summed E-state index contributed by atoms with van der Waals surface area (Å²) in [6, 6.07) is 7.03. The molecule has 2 aliphatic rings. The van der Waals surface area contributed by atoms with Crippen molar-refractivity contribution >= 4 is 23.3 Å². The number of aromatic nitrogens is 1. The second kappa shape index (κ2) is 6.05. The number of benzene rings is 1. The molecule has 2 aromatic rings. The van der Waals surface area contributed by atoms with Crippen LogP contribution >= 0.6 is 11.3 Å². The first-order valence-corrected chi connectivity index (χ1v) is 9.26. The number of hydrogen-bond donors (Lipinski definition) is 1. The number of thiazole rings is 1. The van der Waals surface area contributed by atoms with Crippen molar-refractivity contribution in [3.05, 3.63) is 51.0 Å². The van der Waals surface area contributed by atoms with Crippen molar-refractivity contribution in [1.29, 1.82) is 0 Å². The zero-order valence-corrected chi connectivity index (χ0v) is 15.2. The number of carbonyl (C=O) groups is 2. The molecule has 9 heteroatoms. The van der Waals surface area contributed by atoms with E-state index >= 15 is 0 Å². The molecule has 1 unspecified atom stereocenters. The lowest BCUT2D eigenvalue weighted by molar-refractivity contribution is -0.142. The Labute approximate surface area is 157 Å². The Balaban J connectivity index is 1.62. The van der Waals surface area contributed by atoms with Crippen LogP contribution in [0.5, 0.6) is 0 Å². The first kappa shape index (κ1) is 18.0. The number of urea groups is 1. The molecular weight excluding hydrogens is 379 g/mol. The lowest BCUT2D eigenvalue weighted by atomic mass is 9.78. The van der Waals surface area contributed by atoms with E-state index < -0.39 is 35.9 Å². The Morgan fingerprint density at radius 3 is 2.67 bits per heavy atom. The monoisotopic (exact) mass is 395 g/mol. The fraction of sp³-hybridized carbons (Fsp3) is 0.389. The lowest BCUT2D eigenvalue weighted by Crippen LogP contribution is -2.51. The molecule has 1 N–H and O–H groups in total. The van der Waals surface area contributed by atoms with Gasteiger partial charge in [-0.3, -0.25) is 9.69 Å². The summed E-state index contributed by atoms with van der Waals surface area (Å²) in [5, 5.41) is 2.98. The fourth-order valence-corrected chi connectivity index (χ4v) is 4.73. The van der Waals surface area contributed by atoms with Crippen molar-refractivity contribution in [2.45, 2.75) is 44.4 Å². The van der Waals surface area contributed by atoms with E-state index in [9.17, 15) is 22.8 Å². The van der Waals surface area contributed by atoms with Gasteiger partial charge in [0.1, 0.15) is 5.54 Å². The Kier molecular flexibility index (Phi) is 4.03. The van der Waals surface area contributed by atoms with Crippen molar-refractivity contribution < 1.29 is 22.8 Å². The molecule has 3 amide bonds. The molecule has 2 heterocycles. The van der Waals surface area contributed by atoms with Crippen molar-refractivity contribution in [1.82, 2.24) is 15.2 Å². The number of alkyl halides is 3. The van der Waals surface area contributed by atoms with E-state index in [1.54, 1.807) is 0 Å². The van der Waals surface area contributed by atoms with Crippen LogP contribution in [0.25, 0.3) is 0 Å². The van der Waals surface area contributed by atoms with Crippen molar-refractivity contribution in [3.63, 3.8) is 0 Å². The molecule has 1 aromatic carbocycles. The van der Waals surface area contributed by atoms with Crippen LogP contribution in [0.1, 0.15) is 33.1 Å². The van der Waals surface area contributed by atoms with E-state index in [0.29, 0.717) is 19.3 Å². The van der Waals surface area contributed by atoms with E-state index in [4.69, 9.17) is 0 Å². The first-order valence-electron chi connectivity index (χ1n) is 8.44. The van der Waals surface area contributed by atoms with Crippen LogP contribution in [-0.4, -0.2) is 27.4 Å². The molecule has 1 aliphatic carbocycles. The van der Waals surface area contributed by atoms with Crippen LogP contribution in [0.15, 0.2) is 24.3 Å². The number of fused-ring (bicyclic) bond motifs is 1. The third kappa shape index (κ3) is 2.99. The van der Waals surface area contributed by atoms with E-state index in [-0.39, 0.29) is 9.88 Å². The van der Waals surface area contributed by atoms with Gasteiger partial charge in [-0.05, 0) is 30.9 Å². The zero-order valence-electron chi connectivity index (χ0n) is 14.4. The molecule has 142 valence electrons. The quantitative estimate of drug-likeness (QED) is 0.793. The van der Waals surface area contributed by atoms with Crippen molar-refractivity contribution in [2.75, 3.05) is 0 Å². The molecule has 0 radical (unpaired) electrons. The summed E-state index contributed by atoms with van der Waals surface area (Å²) >= 11 is 0.851. The molecule has 1 atom stereocenters. The van der Waals surface area contributed by atoms with Crippen molar-refractivity contribution in [3.8, 4) is 0 Å². The van der Waals surface area contributed by atoms with Crippen LogP contribution in [0.2, 0.25) is 0 Å². The maximum atomic E-state index is 13.2. The van der Waals surface area contributed by atoms with Crippen molar-refractivity contribution in [2.24, 2.45) is 0 Å². The molecule has 5 nitrogen and oxygen atoms in total. The standard InChI is InChI=1S/C18H16F3N3O2S/c1-10-22-14(18(19,20)21)13(27-10)9-24-15(25)17(23-16(24)26)7-6-11-4-2-3-5-12(11)8-17/h2-5H,6-9H2,1H3,(H,23,26). The molecule has 1 saturated heterocycles. The van der Waals surface area contributed by atoms with Gasteiger partial charge in [0.05, 0.1) is 16.4 Å². The fourth-order valence-electron chi connectivity index (χ4n) is 3.79. The maximum absolute atomic E-state index is 13.2. The number of hydrogen-bond acceptors (Lipinski definition) is 4. The Hall–Kier alpha value is -2.42. The molecule has 1 aliphatic heterocycles. The summed E-state index contributed by atoms with van der Waals surface area (Å²) in [6.07, 6.45) is -3.22. The Morgan fingerprint density at radius 1 is 1.26 bits per heavy atom. The predicted molar refractivity (Wildman–Crippen MR) is 92.1 cm³/mol. The van der Waals surface area contributed by atoms with Gasteiger partial charge in [-0.2, -0.15) is 13.2 Å². The summed E-state index contributed by atoms with van der Waals surface area (Å²) in [4.78, 5) is 29.7. The van der Waals surface area contributed by atoms with Gasteiger partial charge in [0.15, 0.2) is 5.69 Å². The normalized spacial score (nSPS) is 22.3. The van der Waals surface area contributed by atoms with E-state index in [0.717, 1.165) is 27.4 Å². The number of nitrogens with zero attached hydrogens (tertiary/aromatic N) is 2. The van der Waals surface area contributed by atoms with Gasteiger partial charge in [0, 0.05) is 6.42 Å². The van der Waals surface area contributed by atoms with Crippen LogP contribution in [0.4, 0.5) is 18.0 Å². The highest BCUT2D eigenvalue weighted by Crippen LogP contribution is 2.38. The first-order chi connectivity index (χ1) is 12.7. The minimum Gasteiger partial charge on any atom is -0.323 e. The minimum atomic E-state index is -4.62. The zero-order chi connectivity index (χ0) is 19.4. The van der Waals surface area contributed by atoms with E-state index in [1.165, 1.54) is 6.92 Å². The van der Waals surface area contributed by atoms with Crippen LogP contribution < -0.4 is 5.32 Å². The second-order valence-electron chi connectivity index (χ2n) is 6.85. The molecule has 1 spiro atoms. The average Bonchev–Trinajstić information content (AvgIpc) is 3.08. The smallest absolute Gasteiger partial charge is 0.323 e. The highest BCUT2D eigenvalue weighted by molar-refractivity contribution is 7.11. The third-order valence-electron chi connectivity index (χ3n) is 5.05. The van der Waals surface area contributed by atoms with Gasteiger partial charge >= 0.3 is 12.2 Å². The van der Waals surface area contributed by atoms with Gasteiger partial charge in [0.25, 0.3) is 5.91 Å². The molecule has 27 heavy (non-hydrogen) atoms. The largest absolute Gasteiger partial charge is 0.434 e. The van der Waals surface area contributed by atoms with Crippen LogP contribution in [-0.2, 0) is 30.4 Å². The van der Waals surface area contributed by atoms with Gasteiger partial charge in [0.2, 0.25) is 0 Å². The van der Waals surface area contributed by atoms with E-state index in [2.05, 4.69) is 10.3 Å². The Bertz CT molecular complexity index is 940. The predicted octanol–water partition coefficient (Wildman–Crippen LogP) is 3.45. The SMILES string of the molecule is Cc1nc(C(F)(F)F)c(CN2C(=O)NC3(CCc4ccccc4C3)C2=O)s1. The number of aryl methyl sites for hydroxylation is 2. The molecule has 1 fully saturated rings. The number of rotatable bonds is 2.